The fourth-order valence-electron chi connectivity index (χ4n) is 3.71. The van der Waals surface area contributed by atoms with Gasteiger partial charge in [-0.15, -0.1) is 11.3 Å². The van der Waals surface area contributed by atoms with Gasteiger partial charge in [-0.2, -0.15) is 10.5 Å². The number of allylic oxidation sites excluding steroid dienone is 1. The van der Waals surface area contributed by atoms with Crippen LogP contribution >= 0.6 is 45.7 Å². The number of aliphatic hydroxyl groups excluding tert-OH is 4. The standard InChI is InChI=1S/C26H19IN4O3S2.4C2H6O/c1-2-33-26(32)23-20(34-24(30)17(13-29)22(23)16-6-3-4-7-18(16)27)14-36-25-15(12-28)9-10-19(31-25)21-8-5-11-35-21;4*1-2-3/h3-11,22H,2,14,30H2,1H3;4*3H,2H2,1H3. The molecule has 0 radical (unpaired) electrons. The Balaban J connectivity index is 0.00000161. The van der Waals surface area contributed by atoms with Crippen LogP contribution in [0.3, 0.4) is 0 Å². The number of nitriles is 2. The Hall–Kier alpha value is -3.48. The van der Waals surface area contributed by atoms with Crippen molar-refractivity contribution in [3.63, 3.8) is 0 Å². The van der Waals surface area contributed by atoms with E-state index in [1.165, 1.54) is 11.8 Å². The largest absolute Gasteiger partial charge is 0.463 e. The van der Waals surface area contributed by atoms with Crippen LogP contribution < -0.4 is 5.73 Å². The molecule has 0 saturated carbocycles. The van der Waals surface area contributed by atoms with Crippen molar-refractivity contribution in [3.05, 3.63) is 91.4 Å². The second kappa shape index (κ2) is 26.5. The number of ether oxygens (including phenoxy) is 2. The molecular formula is C34H43IN4O7S2. The van der Waals surface area contributed by atoms with E-state index in [0.717, 1.165) is 19.7 Å². The molecule has 3 aromatic rings. The van der Waals surface area contributed by atoms with Crippen LogP contribution in [0.5, 0.6) is 0 Å². The molecule has 0 amide bonds. The van der Waals surface area contributed by atoms with Crippen molar-refractivity contribution in [3.8, 4) is 22.7 Å². The van der Waals surface area contributed by atoms with Crippen LogP contribution in [-0.2, 0) is 14.3 Å². The smallest absolute Gasteiger partial charge is 0.338 e. The second-order valence-corrected chi connectivity index (χ2v) is 11.8. The minimum absolute atomic E-state index is 0.0633. The van der Waals surface area contributed by atoms with Gasteiger partial charge >= 0.3 is 5.97 Å². The number of nitrogens with two attached hydrogens (primary N) is 1. The predicted octanol–water partition coefficient (Wildman–Crippen LogP) is 5.70. The van der Waals surface area contributed by atoms with E-state index in [1.54, 1.807) is 52.0 Å². The van der Waals surface area contributed by atoms with E-state index in [2.05, 4.69) is 39.7 Å². The molecule has 0 saturated heterocycles. The molecule has 1 unspecified atom stereocenters. The highest BCUT2D eigenvalue weighted by atomic mass is 127. The van der Waals surface area contributed by atoms with Crippen LogP contribution in [-0.4, -0.2) is 70.2 Å². The van der Waals surface area contributed by atoms with Crippen LogP contribution in [0.2, 0.25) is 0 Å². The lowest BCUT2D eigenvalue weighted by molar-refractivity contribution is -0.139. The van der Waals surface area contributed by atoms with Crippen molar-refractivity contribution in [2.75, 3.05) is 38.8 Å². The number of hydrogen-bond donors (Lipinski definition) is 5. The van der Waals surface area contributed by atoms with Gasteiger partial charge in [-0.05, 0) is 92.4 Å². The van der Waals surface area contributed by atoms with Gasteiger partial charge in [0.15, 0.2) is 0 Å². The Morgan fingerprint density at radius 3 is 2.08 bits per heavy atom. The van der Waals surface area contributed by atoms with Crippen molar-refractivity contribution < 1.29 is 34.7 Å². The number of carbonyl (C=O) groups excluding carboxylic acids is 1. The summed E-state index contributed by atoms with van der Waals surface area (Å²) in [4.78, 5) is 18.9. The first-order valence-corrected chi connectivity index (χ1v) is 17.8. The number of benzene rings is 1. The molecule has 1 aliphatic heterocycles. The first-order chi connectivity index (χ1) is 23.1. The molecule has 0 aliphatic carbocycles. The fraction of sp³-hybridized carbons (Fsp3) is 0.353. The average Bonchev–Trinajstić information content (AvgIpc) is 3.61. The number of hydrogen-bond acceptors (Lipinski definition) is 13. The van der Waals surface area contributed by atoms with Crippen LogP contribution in [0.25, 0.3) is 10.6 Å². The third-order valence-corrected chi connectivity index (χ3v) is 8.17. The van der Waals surface area contributed by atoms with Crippen molar-refractivity contribution in [1.29, 1.82) is 10.5 Å². The Bertz CT molecular complexity index is 1530. The Morgan fingerprint density at radius 1 is 0.979 bits per heavy atom. The van der Waals surface area contributed by atoms with E-state index in [9.17, 15) is 15.3 Å². The highest BCUT2D eigenvalue weighted by molar-refractivity contribution is 14.1. The Kier molecular flexibility index (Phi) is 24.6. The molecule has 2 aromatic heterocycles. The number of thiophene rings is 1. The van der Waals surface area contributed by atoms with E-state index in [0.29, 0.717) is 10.6 Å². The van der Waals surface area contributed by atoms with Gasteiger partial charge in [-0.1, -0.05) is 36.0 Å². The number of thioether (sulfide) groups is 1. The lowest BCUT2D eigenvalue weighted by Gasteiger charge is -2.28. The highest BCUT2D eigenvalue weighted by Crippen LogP contribution is 2.42. The maximum Gasteiger partial charge on any atom is 0.338 e. The van der Waals surface area contributed by atoms with Crippen molar-refractivity contribution in [2.24, 2.45) is 5.73 Å². The zero-order valence-corrected chi connectivity index (χ0v) is 31.4. The van der Waals surface area contributed by atoms with E-state index in [1.807, 2.05) is 47.8 Å². The van der Waals surface area contributed by atoms with E-state index < -0.39 is 11.9 Å². The zero-order valence-electron chi connectivity index (χ0n) is 27.6. The van der Waals surface area contributed by atoms with Gasteiger partial charge in [-0.3, -0.25) is 0 Å². The molecule has 11 nitrogen and oxygen atoms in total. The van der Waals surface area contributed by atoms with E-state index in [4.69, 9.17) is 35.6 Å². The van der Waals surface area contributed by atoms with Gasteiger partial charge < -0.3 is 35.6 Å². The Labute approximate surface area is 304 Å². The summed E-state index contributed by atoms with van der Waals surface area (Å²) in [5.74, 6) is -0.965. The molecule has 14 heteroatoms. The topological polar surface area (TPSA) is 203 Å². The molecule has 0 spiro atoms. The normalized spacial score (nSPS) is 12.9. The third-order valence-electron chi connectivity index (χ3n) is 5.30. The lowest BCUT2D eigenvalue weighted by atomic mass is 9.83. The number of esters is 1. The molecule has 1 aromatic carbocycles. The molecule has 260 valence electrons. The number of nitrogens with zero attached hydrogens (tertiary/aromatic N) is 3. The van der Waals surface area contributed by atoms with Gasteiger partial charge in [0.25, 0.3) is 0 Å². The summed E-state index contributed by atoms with van der Waals surface area (Å²) in [6.45, 7) is 9.60. The summed E-state index contributed by atoms with van der Waals surface area (Å²) >= 11 is 4.98. The molecule has 6 N–H and O–H groups in total. The summed E-state index contributed by atoms with van der Waals surface area (Å²) in [6.07, 6.45) is 0. The van der Waals surface area contributed by atoms with Gasteiger partial charge in [0.2, 0.25) is 5.88 Å². The van der Waals surface area contributed by atoms with Gasteiger partial charge in [0.1, 0.15) is 28.5 Å². The first kappa shape index (κ1) is 44.5. The maximum atomic E-state index is 13.2. The number of rotatable bonds is 7. The molecule has 0 fully saturated rings. The fourth-order valence-corrected chi connectivity index (χ4v) is 6.02. The Morgan fingerprint density at radius 2 is 1.58 bits per heavy atom. The van der Waals surface area contributed by atoms with E-state index in [-0.39, 0.29) is 61.6 Å². The maximum absolute atomic E-state index is 13.2. The SMILES string of the molecule is CCO.CCO.CCO.CCO.CCOC(=O)C1=C(CSc2nc(-c3cccs3)ccc2C#N)OC(N)=C(C#N)C1c1ccccc1I. The summed E-state index contributed by atoms with van der Waals surface area (Å²) < 4.78 is 12.1. The van der Waals surface area contributed by atoms with Crippen LogP contribution in [0.4, 0.5) is 0 Å². The van der Waals surface area contributed by atoms with Crippen LogP contribution in [0, 0.1) is 26.2 Å². The van der Waals surface area contributed by atoms with E-state index >= 15 is 0 Å². The number of carbonyl (C=O) groups is 1. The van der Waals surface area contributed by atoms with Crippen molar-refractivity contribution in [2.45, 2.75) is 45.6 Å². The van der Waals surface area contributed by atoms with Crippen molar-refractivity contribution in [1.82, 2.24) is 4.98 Å². The monoisotopic (exact) mass is 810 g/mol. The minimum Gasteiger partial charge on any atom is -0.463 e. The first-order valence-electron chi connectivity index (χ1n) is 14.9. The highest BCUT2D eigenvalue weighted by Gasteiger charge is 2.38. The molecule has 4 rings (SSSR count). The zero-order chi connectivity index (χ0) is 36.5. The summed E-state index contributed by atoms with van der Waals surface area (Å²) in [5.41, 5.74) is 8.45. The van der Waals surface area contributed by atoms with Crippen molar-refractivity contribution >= 4 is 51.7 Å². The second-order valence-electron chi connectivity index (χ2n) is 8.70. The molecule has 1 atom stereocenters. The van der Waals surface area contributed by atoms with Gasteiger partial charge in [0.05, 0.1) is 40.0 Å². The van der Waals surface area contributed by atoms with Crippen LogP contribution in [0.1, 0.15) is 51.7 Å². The number of pyridine rings is 1. The predicted molar refractivity (Wildman–Crippen MR) is 197 cm³/mol. The molecule has 0 bridgehead atoms. The van der Waals surface area contributed by atoms with Gasteiger partial charge in [0, 0.05) is 30.0 Å². The van der Waals surface area contributed by atoms with Crippen LogP contribution in [0.15, 0.2) is 81.7 Å². The number of halogens is 1. The molecular weight excluding hydrogens is 767 g/mol. The molecule has 1 aliphatic rings. The number of aliphatic hydroxyl groups is 4. The third kappa shape index (κ3) is 14.3. The van der Waals surface area contributed by atoms with Gasteiger partial charge in [-0.25, -0.2) is 9.78 Å². The average molecular weight is 811 g/mol. The quantitative estimate of drug-likeness (QED) is 0.111. The minimum atomic E-state index is -0.743. The molecule has 3 heterocycles. The summed E-state index contributed by atoms with van der Waals surface area (Å²) in [6, 6.07) is 19.2. The summed E-state index contributed by atoms with van der Waals surface area (Å²) in [5, 5.41) is 52.3. The lowest BCUT2D eigenvalue weighted by Crippen LogP contribution is -2.27. The summed E-state index contributed by atoms with van der Waals surface area (Å²) in [7, 11) is 0. The number of aromatic nitrogens is 1. The molecule has 48 heavy (non-hydrogen) atoms.